The number of carboxylic acids is 1. The van der Waals surface area contributed by atoms with E-state index >= 15 is 0 Å². The van der Waals surface area contributed by atoms with E-state index in [2.05, 4.69) is 15.6 Å². The van der Waals surface area contributed by atoms with Crippen molar-refractivity contribution in [2.75, 3.05) is 10.6 Å². The molecule has 0 spiro atoms. The second-order valence-electron chi connectivity index (χ2n) is 9.97. The van der Waals surface area contributed by atoms with Crippen molar-refractivity contribution in [3.05, 3.63) is 113 Å². The molecule has 0 saturated carbocycles. The number of nitrogens with zero attached hydrogens (tertiary/aromatic N) is 1. The first-order valence-corrected chi connectivity index (χ1v) is 13.2. The van der Waals surface area contributed by atoms with Gasteiger partial charge in [0.1, 0.15) is 5.82 Å². The van der Waals surface area contributed by atoms with Crippen LogP contribution in [0, 0.1) is 26.7 Å². The Morgan fingerprint density at radius 2 is 1.55 bits per heavy atom. The fraction of sp³-hybridized carbons (Fsp3) is 0.212. The van der Waals surface area contributed by atoms with E-state index in [9.17, 15) is 19.5 Å². The molecule has 0 saturated heterocycles. The summed E-state index contributed by atoms with van der Waals surface area (Å²) in [5.41, 5.74) is 6.92. The predicted molar refractivity (Wildman–Crippen MR) is 158 cm³/mol. The number of benzene rings is 3. The van der Waals surface area contributed by atoms with E-state index < -0.39 is 11.9 Å². The first-order chi connectivity index (χ1) is 19.2. The Balaban J connectivity index is 1.37. The third-order valence-electron chi connectivity index (χ3n) is 7.02. The molecule has 3 aromatic carbocycles. The first-order valence-electron chi connectivity index (χ1n) is 13.2. The molecule has 7 heteroatoms. The molecule has 0 radical (unpaired) electrons. The maximum Gasteiger partial charge on any atom is 0.324 e. The number of aromatic nitrogens is 1. The number of carbonyl (C=O) groups is 3. The molecule has 0 aliphatic rings. The van der Waals surface area contributed by atoms with Crippen molar-refractivity contribution >= 4 is 29.3 Å². The molecule has 1 atom stereocenters. The van der Waals surface area contributed by atoms with Crippen LogP contribution in [0.5, 0.6) is 0 Å². The van der Waals surface area contributed by atoms with Crippen molar-refractivity contribution in [2.45, 2.75) is 40.0 Å². The van der Waals surface area contributed by atoms with Crippen LogP contribution in [-0.2, 0) is 11.2 Å². The Labute approximate surface area is 234 Å². The molecular weight excluding hydrogens is 502 g/mol. The number of aryl methyl sites for hydroxylation is 4. The molecule has 4 aromatic rings. The van der Waals surface area contributed by atoms with Crippen molar-refractivity contribution in [3.8, 4) is 11.1 Å². The second-order valence-corrected chi connectivity index (χ2v) is 9.97. The molecule has 4 rings (SSSR count). The fourth-order valence-electron chi connectivity index (χ4n) is 4.51. The summed E-state index contributed by atoms with van der Waals surface area (Å²) in [5, 5.41) is 15.2. The van der Waals surface area contributed by atoms with Gasteiger partial charge in [0.05, 0.1) is 5.92 Å². The van der Waals surface area contributed by atoms with E-state index in [1.54, 1.807) is 18.2 Å². The maximum atomic E-state index is 12.9. The first kappa shape index (κ1) is 28.2. The van der Waals surface area contributed by atoms with E-state index in [4.69, 9.17) is 0 Å². The Morgan fingerprint density at radius 3 is 2.20 bits per heavy atom. The standard InChI is InChI=1S/C33H33N3O4/c1-21-9-16-28(19-22(21)2)35-33(40)36-31-18-17-29(23(3)34-31)25-12-14-26(15-13-25)30(37)20-27(32(38)39)11-10-24-7-5-4-6-8-24/h4-9,12-19,27H,10-11,20H2,1-3H3,(H,38,39)(H2,34,35,36,40). The number of Topliss-reactive ketones (excluding diaryl/α,β-unsaturated/α-hetero) is 1. The number of ketones is 1. The average Bonchev–Trinajstić information content (AvgIpc) is 2.93. The van der Waals surface area contributed by atoms with Crippen LogP contribution in [0.3, 0.4) is 0 Å². The van der Waals surface area contributed by atoms with Crippen molar-refractivity contribution in [1.29, 1.82) is 0 Å². The molecule has 3 N–H and O–H groups in total. The summed E-state index contributed by atoms with van der Waals surface area (Å²) >= 11 is 0. The highest BCUT2D eigenvalue weighted by atomic mass is 16.4. The van der Waals surface area contributed by atoms with Crippen LogP contribution in [0.15, 0.2) is 84.9 Å². The Morgan fingerprint density at radius 1 is 0.825 bits per heavy atom. The van der Waals surface area contributed by atoms with Gasteiger partial charge in [-0.05, 0) is 80.1 Å². The van der Waals surface area contributed by atoms with Gasteiger partial charge in [-0.25, -0.2) is 9.78 Å². The second kappa shape index (κ2) is 12.8. The molecule has 0 fully saturated rings. The summed E-state index contributed by atoms with van der Waals surface area (Å²) in [6, 6.07) is 25.7. The number of nitrogens with one attached hydrogen (secondary N) is 2. The number of aliphatic carboxylic acids is 1. The molecule has 2 amide bonds. The van der Waals surface area contributed by atoms with Crippen molar-refractivity contribution < 1.29 is 19.5 Å². The average molecular weight is 536 g/mol. The Kier molecular flexibility index (Phi) is 9.07. The number of carbonyl (C=O) groups excluding carboxylic acids is 2. The zero-order valence-electron chi connectivity index (χ0n) is 22.9. The van der Waals surface area contributed by atoms with Gasteiger partial charge in [-0.2, -0.15) is 0 Å². The quantitative estimate of drug-likeness (QED) is 0.186. The monoisotopic (exact) mass is 535 g/mol. The predicted octanol–water partition coefficient (Wildman–Crippen LogP) is 7.22. The lowest BCUT2D eigenvalue weighted by molar-refractivity contribution is -0.141. The van der Waals surface area contributed by atoms with E-state index in [0.29, 0.717) is 29.9 Å². The van der Waals surface area contributed by atoms with Gasteiger partial charge < -0.3 is 10.4 Å². The molecule has 40 heavy (non-hydrogen) atoms. The molecular formula is C33H33N3O4. The molecule has 0 aliphatic heterocycles. The molecule has 0 bridgehead atoms. The summed E-state index contributed by atoms with van der Waals surface area (Å²) in [6.07, 6.45) is 0.957. The van der Waals surface area contributed by atoms with Crippen LogP contribution >= 0.6 is 0 Å². The largest absolute Gasteiger partial charge is 0.481 e. The number of pyridine rings is 1. The van der Waals surface area contributed by atoms with Gasteiger partial charge >= 0.3 is 12.0 Å². The third-order valence-corrected chi connectivity index (χ3v) is 7.02. The van der Waals surface area contributed by atoms with Crippen molar-refractivity contribution in [1.82, 2.24) is 4.98 Å². The SMILES string of the molecule is Cc1ccc(NC(=O)Nc2ccc(-c3ccc(C(=O)CC(CCc4ccccc4)C(=O)O)cc3)c(C)n2)cc1C. The minimum absolute atomic E-state index is 0.0489. The van der Waals surface area contributed by atoms with Gasteiger partial charge in [-0.1, -0.05) is 60.7 Å². The highest BCUT2D eigenvalue weighted by molar-refractivity contribution is 5.99. The van der Waals surface area contributed by atoms with Crippen LogP contribution < -0.4 is 10.6 Å². The highest BCUT2D eigenvalue weighted by Crippen LogP contribution is 2.25. The van der Waals surface area contributed by atoms with Crippen molar-refractivity contribution in [2.24, 2.45) is 5.92 Å². The number of anilines is 2. The maximum absolute atomic E-state index is 12.9. The van der Waals surface area contributed by atoms with Crippen molar-refractivity contribution in [3.63, 3.8) is 0 Å². The summed E-state index contributed by atoms with van der Waals surface area (Å²) in [7, 11) is 0. The number of rotatable bonds is 10. The Hall–Kier alpha value is -4.78. The Bertz CT molecular complexity index is 1510. The molecule has 204 valence electrons. The number of amides is 2. The lowest BCUT2D eigenvalue weighted by Crippen LogP contribution is -2.20. The van der Waals surface area contributed by atoms with Gasteiger partial charge in [0.15, 0.2) is 5.78 Å². The fourth-order valence-corrected chi connectivity index (χ4v) is 4.51. The minimum atomic E-state index is -0.959. The van der Waals surface area contributed by atoms with E-state index in [1.165, 1.54) is 0 Å². The van der Waals surface area contributed by atoms with E-state index in [-0.39, 0.29) is 18.2 Å². The summed E-state index contributed by atoms with van der Waals surface area (Å²) < 4.78 is 0. The highest BCUT2D eigenvalue weighted by Gasteiger charge is 2.22. The van der Waals surface area contributed by atoms with Gasteiger partial charge in [0.25, 0.3) is 0 Å². The van der Waals surface area contributed by atoms with Crippen LogP contribution in [0.1, 0.15) is 45.6 Å². The van der Waals surface area contributed by atoms with Gasteiger partial charge in [0.2, 0.25) is 0 Å². The minimum Gasteiger partial charge on any atom is -0.481 e. The lowest BCUT2D eigenvalue weighted by atomic mass is 9.92. The van der Waals surface area contributed by atoms with E-state index in [0.717, 1.165) is 33.5 Å². The molecule has 7 nitrogen and oxygen atoms in total. The van der Waals surface area contributed by atoms with Gasteiger partial charge in [0, 0.05) is 28.9 Å². The van der Waals surface area contributed by atoms with E-state index in [1.807, 2.05) is 87.5 Å². The number of carboxylic acid groups (broad SMARTS) is 1. The van der Waals surface area contributed by atoms with Crippen LogP contribution in [0.25, 0.3) is 11.1 Å². The summed E-state index contributed by atoms with van der Waals surface area (Å²) in [4.78, 5) is 41.6. The van der Waals surface area contributed by atoms with Gasteiger partial charge in [-0.15, -0.1) is 0 Å². The van der Waals surface area contributed by atoms with Crippen LogP contribution in [-0.4, -0.2) is 27.9 Å². The summed E-state index contributed by atoms with van der Waals surface area (Å²) in [5.74, 6) is -1.48. The lowest BCUT2D eigenvalue weighted by Gasteiger charge is -2.13. The summed E-state index contributed by atoms with van der Waals surface area (Å²) in [6.45, 7) is 5.86. The van der Waals surface area contributed by atoms with Crippen LogP contribution in [0.2, 0.25) is 0 Å². The number of urea groups is 1. The zero-order valence-corrected chi connectivity index (χ0v) is 22.9. The molecule has 1 aromatic heterocycles. The number of hydrogen-bond donors (Lipinski definition) is 3. The molecule has 1 heterocycles. The molecule has 1 unspecified atom stereocenters. The molecule has 0 aliphatic carbocycles. The van der Waals surface area contributed by atoms with Crippen LogP contribution in [0.4, 0.5) is 16.3 Å². The topological polar surface area (TPSA) is 108 Å². The number of hydrogen-bond acceptors (Lipinski definition) is 4. The normalized spacial score (nSPS) is 11.5. The smallest absolute Gasteiger partial charge is 0.324 e. The van der Waals surface area contributed by atoms with Gasteiger partial charge in [-0.3, -0.25) is 14.9 Å². The third kappa shape index (κ3) is 7.41. The zero-order chi connectivity index (χ0) is 28.6.